The molecule has 0 radical (unpaired) electrons. The largest absolute Gasteiger partial charge is 0.310 e. The van der Waals surface area contributed by atoms with Gasteiger partial charge in [-0.2, -0.15) is 5.26 Å². The number of aromatic nitrogens is 2. The van der Waals surface area contributed by atoms with Gasteiger partial charge in [-0.25, -0.2) is 0 Å². The van der Waals surface area contributed by atoms with Crippen LogP contribution in [0.3, 0.4) is 0 Å². The van der Waals surface area contributed by atoms with Gasteiger partial charge in [0.25, 0.3) is 6.71 Å². The molecule has 5 nitrogen and oxygen atoms in total. The third-order valence-electron chi connectivity index (χ3n) is 20.4. The van der Waals surface area contributed by atoms with E-state index in [9.17, 15) is 20.3 Å². The van der Waals surface area contributed by atoms with Gasteiger partial charge in [-0.15, -0.1) is 0 Å². The van der Waals surface area contributed by atoms with Crippen molar-refractivity contribution in [3.63, 3.8) is 0 Å². The van der Waals surface area contributed by atoms with Crippen LogP contribution in [0.2, 0.25) is 0 Å². The third kappa shape index (κ3) is 10.3. The number of fused-ring (bicyclic) bond motifs is 10. The molecule has 2 aromatic heterocycles. The van der Waals surface area contributed by atoms with Crippen LogP contribution in [0.15, 0.2) is 279 Å². The first kappa shape index (κ1) is 46.8. The summed E-state index contributed by atoms with van der Waals surface area (Å²) in [5.41, 5.74) is 13.2. The summed E-state index contributed by atoms with van der Waals surface area (Å²) < 4.78 is 163. The van der Waals surface area contributed by atoms with Crippen molar-refractivity contribution in [2.45, 2.75) is 105 Å². The van der Waals surface area contributed by atoms with Crippen molar-refractivity contribution in [2.24, 2.45) is 0 Å². The molecule has 15 aromatic rings. The van der Waals surface area contributed by atoms with Crippen LogP contribution in [-0.4, -0.2) is 15.8 Å². The SMILES string of the molecule is [2H]c1c([2H])c([2H])c(-c2ccc3c(c2)N(c2c(-c4ccccc4)cc(C(C)(C)C)cc2-c2ccccc2)c2cc(C(C)(C)C)cc4c2B3c2ccc(-n3c5ccc(C(C)(C)C)cc5c5cc(C(C)(C)C)ccc53)cc2N4c2cccc(-n3c4c([2H])c([2H])c([2H])c([2H])c4c4c(-c5c([2H])c([2H])c([2H])c([2H])c5[2H])c([2H])c([2H])c([2H])c43)c2C#N)c([2H])c1[2H]. The van der Waals surface area contributed by atoms with Crippen LogP contribution in [-0.2, 0) is 21.7 Å². The standard InChI is InChI=1S/C95H82BN5/c1-92(2,3)65-44-49-82-74(52-65)75-53-66(93(4,5)6)45-50-83(75)98(82)69-46-48-78-86(58-69)100(81-41-28-40-80(76(81)59-97)99-79-39-26-25-37-71(79)89-70(38-27-42-84(89)99)61-31-19-14-20-32-61)87-56-68(95(10,11)12)57-88-90(87)96(78)77-47-43-64(60-29-17-13-18-30-60)51-85(77)101(88)91-72(62-33-21-15-22-34-62)54-67(94(7,8)9)55-73(91)63-35-23-16-24-36-63/h13-58H,1-12H3/i13D,14D,17D,18D,19D,20D,25D,26D,27D,29D,30D,31D,32D,37D,38D,39D,42D. The molecular formula is C95H82BN5. The van der Waals surface area contributed by atoms with Crippen LogP contribution in [0.4, 0.5) is 34.1 Å². The van der Waals surface area contributed by atoms with E-state index in [4.69, 9.17) is 8.22 Å². The lowest BCUT2D eigenvalue weighted by Crippen LogP contribution is -2.61. The van der Waals surface area contributed by atoms with Crippen LogP contribution in [0.1, 0.15) is 134 Å². The zero-order chi connectivity index (χ0) is 84.4. The smallest absolute Gasteiger partial charge is 0.252 e. The Kier molecular flexibility index (Phi) is 10.8. The minimum atomic E-state index is -0.765. The van der Waals surface area contributed by atoms with Crippen LogP contribution in [0.5, 0.6) is 0 Å². The van der Waals surface area contributed by atoms with Gasteiger partial charge in [0.1, 0.15) is 11.6 Å². The monoisotopic (exact) mass is 1320 g/mol. The number of hydrogen-bond donors (Lipinski definition) is 0. The molecule has 0 atom stereocenters. The Labute approximate surface area is 618 Å². The van der Waals surface area contributed by atoms with E-state index in [1.54, 1.807) is 12.1 Å². The predicted molar refractivity (Wildman–Crippen MR) is 430 cm³/mol. The number of hydrogen-bond acceptors (Lipinski definition) is 3. The predicted octanol–water partition coefficient (Wildman–Crippen LogP) is 23.7. The lowest BCUT2D eigenvalue weighted by Gasteiger charge is -2.46. The zero-order valence-corrected chi connectivity index (χ0v) is 58.6. The molecule has 17 rings (SSSR count). The summed E-state index contributed by atoms with van der Waals surface area (Å²) in [6.45, 7) is 25.4. The second-order valence-corrected chi connectivity index (χ2v) is 30.8. The minimum Gasteiger partial charge on any atom is -0.310 e. The average Bonchev–Trinajstić information content (AvgIpc) is 1.13. The van der Waals surface area contributed by atoms with E-state index in [1.165, 1.54) is 4.57 Å². The van der Waals surface area contributed by atoms with Gasteiger partial charge in [0.05, 0.1) is 62.4 Å². The molecule has 0 spiro atoms. The molecule has 2 aliphatic heterocycles. The van der Waals surface area contributed by atoms with Crippen molar-refractivity contribution in [3.05, 3.63) is 306 Å². The summed E-state index contributed by atoms with van der Waals surface area (Å²) in [5, 5.41) is 14.3. The lowest BCUT2D eigenvalue weighted by atomic mass is 9.33. The summed E-state index contributed by atoms with van der Waals surface area (Å²) >= 11 is 0. The van der Waals surface area contributed by atoms with Crippen LogP contribution in [0.25, 0.3) is 99.5 Å². The third-order valence-corrected chi connectivity index (χ3v) is 20.4. The second kappa shape index (κ2) is 23.4. The maximum Gasteiger partial charge on any atom is 0.252 e. The average molecular weight is 1320 g/mol. The Hall–Kier alpha value is -11.4. The summed E-state index contributed by atoms with van der Waals surface area (Å²) in [5.74, 6) is 0. The lowest BCUT2D eigenvalue weighted by molar-refractivity contribution is 0.590. The molecule has 490 valence electrons. The van der Waals surface area contributed by atoms with Gasteiger partial charge in [0, 0.05) is 61.1 Å². The fourth-order valence-corrected chi connectivity index (χ4v) is 15.2. The summed E-state index contributed by atoms with van der Waals surface area (Å²) in [6, 6.07) is 51.6. The fraction of sp³-hybridized carbons (Fsp3) is 0.168. The molecule has 13 aromatic carbocycles. The number of nitrogens with zero attached hydrogens (tertiary/aromatic N) is 5. The molecule has 0 unspecified atom stereocenters. The van der Waals surface area contributed by atoms with E-state index in [0.29, 0.717) is 28.3 Å². The number of benzene rings is 13. The Bertz CT molecular complexity index is 6790. The molecule has 0 bridgehead atoms. The topological polar surface area (TPSA) is 40.1 Å². The van der Waals surface area contributed by atoms with Crippen molar-refractivity contribution in [3.8, 4) is 62.0 Å². The maximum absolute atomic E-state index is 12.7. The van der Waals surface area contributed by atoms with Crippen LogP contribution >= 0.6 is 0 Å². The Morgan fingerprint density at radius 3 is 1.44 bits per heavy atom. The summed E-state index contributed by atoms with van der Waals surface area (Å²) in [4.78, 5) is 4.36. The Balaban J connectivity index is 1.06. The molecule has 2 aliphatic rings. The second-order valence-electron chi connectivity index (χ2n) is 30.8. The minimum absolute atomic E-state index is 0.0123. The molecule has 0 saturated heterocycles. The van der Waals surface area contributed by atoms with E-state index in [1.807, 2.05) is 60.7 Å². The van der Waals surface area contributed by atoms with Crippen molar-refractivity contribution in [2.75, 3.05) is 9.80 Å². The van der Waals surface area contributed by atoms with E-state index in [0.717, 1.165) is 94.1 Å². The number of rotatable bonds is 8. The highest BCUT2D eigenvalue weighted by molar-refractivity contribution is 7.00. The van der Waals surface area contributed by atoms with Crippen molar-refractivity contribution in [1.82, 2.24) is 9.13 Å². The first-order valence-electron chi connectivity index (χ1n) is 42.8. The maximum atomic E-state index is 12.7. The number of para-hydroxylation sites is 1. The molecule has 0 aliphatic carbocycles. The van der Waals surface area contributed by atoms with Gasteiger partial charge in [0.2, 0.25) is 0 Å². The molecular weight excluding hydrogens is 1220 g/mol. The summed E-state index contributed by atoms with van der Waals surface area (Å²) in [7, 11) is 0. The van der Waals surface area contributed by atoms with Gasteiger partial charge in [-0.1, -0.05) is 271 Å². The first-order valence-corrected chi connectivity index (χ1v) is 34.3. The van der Waals surface area contributed by atoms with E-state index < -0.39 is 119 Å². The quantitative estimate of drug-likeness (QED) is 0.142. The van der Waals surface area contributed by atoms with Gasteiger partial charge < -0.3 is 18.9 Å². The Morgan fingerprint density at radius 2 is 0.851 bits per heavy atom. The van der Waals surface area contributed by atoms with Crippen molar-refractivity contribution in [1.29, 1.82) is 5.26 Å². The first-order chi connectivity index (χ1) is 55.7. The van der Waals surface area contributed by atoms with E-state index in [-0.39, 0.29) is 67.2 Å². The molecule has 0 amide bonds. The summed E-state index contributed by atoms with van der Waals surface area (Å²) in [6.07, 6.45) is 0. The van der Waals surface area contributed by atoms with Gasteiger partial charge in [-0.3, -0.25) is 0 Å². The Morgan fingerprint density at radius 1 is 0.337 bits per heavy atom. The molecule has 4 heterocycles. The van der Waals surface area contributed by atoms with E-state index >= 15 is 0 Å². The van der Waals surface area contributed by atoms with Crippen molar-refractivity contribution >= 4 is 101 Å². The van der Waals surface area contributed by atoms with Gasteiger partial charge in [0.15, 0.2) is 0 Å². The number of nitriles is 1. The van der Waals surface area contributed by atoms with Crippen molar-refractivity contribution < 1.29 is 23.3 Å². The highest BCUT2D eigenvalue weighted by Gasteiger charge is 2.46. The molecule has 0 saturated carbocycles. The normalized spacial score (nSPS) is 15.4. The molecule has 0 N–H and O–H groups in total. The van der Waals surface area contributed by atoms with Gasteiger partial charge in [-0.05, 0) is 185 Å². The van der Waals surface area contributed by atoms with E-state index in [2.05, 4.69) is 207 Å². The number of anilines is 6. The molecule has 0 fully saturated rings. The van der Waals surface area contributed by atoms with Crippen LogP contribution < -0.4 is 26.2 Å². The zero-order valence-electron chi connectivity index (χ0n) is 75.6. The molecule has 101 heavy (non-hydrogen) atoms. The highest BCUT2D eigenvalue weighted by atomic mass is 15.2. The highest BCUT2D eigenvalue weighted by Crippen LogP contribution is 2.54. The fourth-order valence-electron chi connectivity index (χ4n) is 15.2. The molecule has 6 heteroatoms. The van der Waals surface area contributed by atoms with Gasteiger partial charge >= 0.3 is 0 Å². The van der Waals surface area contributed by atoms with Crippen LogP contribution in [0, 0.1) is 11.3 Å².